The monoisotopic (exact) mass is 135 g/mol. The Labute approximate surface area is 53.6 Å². The van der Waals surface area contributed by atoms with Crippen molar-refractivity contribution in [3.63, 3.8) is 0 Å². The zero-order chi connectivity index (χ0) is 6.85. The zero-order valence-electron chi connectivity index (χ0n) is 5.48. The third kappa shape index (κ3) is 1.61. The highest BCUT2D eigenvalue weighted by molar-refractivity contribution is 4.73. The van der Waals surface area contributed by atoms with E-state index in [1.165, 1.54) is 0 Å². The average molecular weight is 135 g/mol. The number of halogens is 2. The van der Waals surface area contributed by atoms with E-state index >= 15 is 0 Å². The van der Waals surface area contributed by atoms with Crippen LogP contribution in [0, 0.1) is 5.92 Å². The first-order valence-electron chi connectivity index (χ1n) is 3.17. The molecule has 0 aromatic carbocycles. The van der Waals surface area contributed by atoms with E-state index in [1.807, 2.05) is 11.9 Å². The van der Waals surface area contributed by atoms with Crippen LogP contribution in [0.5, 0.6) is 0 Å². The van der Waals surface area contributed by atoms with Crippen molar-refractivity contribution in [2.45, 2.75) is 12.8 Å². The highest BCUT2D eigenvalue weighted by atomic mass is 19.3. The number of nitrogens with zero attached hydrogens (tertiary/aromatic N) is 1. The van der Waals surface area contributed by atoms with Crippen molar-refractivity contribution in [2.24, 2.45) is 5.92 Å². The summed E-state index contributed by atoms with van der Waals surface area (Å²) in [7, 11) is 1.88. The fourth-order valence-electron chi connectivity index (χ4n) is 1.17. The van der Waals surface area contributed by atoms with Crippen LogP contribution in [0.3, 0.4) is 0 Å². The Morgan fingerprint density at radius 1 is 1.56 bits per heavy atom. The van der Waals surface area contributed by atoms with Gasteiger partial charge in [-0.25, -0.2) is 8.78 Å². The molecule has 0 bridgehead atoms. The predicted octanol–water partition coefficient (Wildman–Crippen LogP) is 1.20. The van der Waals surface area contributed by atoms with Crippen LogP contribution in [-0.2, 0) is 0 Å². The Hall–Kier alpha value is -0.180. The maximum absolute atomic E-state index is 11.9. The Bertz CT molecular complexity index is 95.1. The number of hydrogen-bond donors (Lipinski definition) is 0. The van der Waals surface area contributed by atoms with E-state index in [9.17, 15) is 8.78 Å². The minimum absolute atomic E-state index is 0.366. The van der Waals surface area contributed by atoms with Crippen molar-refractivity contribution >= 4 is 0 Å². The first kappa shape index (κ1) is 6.93. The van der Waals surface area contributed by atoms with Crippen molar-refractivity contribution in [3.05, 3.63) is 0 Å². The summed E-state index contributed by atoms with van der Waals surface area (Å²) in [4.78, 5) is 1.94. The van der Waals surface area contributed by atoms with Crippen LogP contribution in [0.2, 0.25) is 0 Å². The van der Waals surface area contributed by atoms with Crippen LogP contribution in [-0.4, -0.2) is 31.5 Å². The minimum atomic E-state index is -2.12. The van der Waals surface area contributed by atoms with Gasteiger partial charge in [0.1, 0.15) is 0 Å². The van der Waals surface area contributed by atoms with E-state index in [1.54, 1.807) is 0 Å². The van der Waals surface area contributed by atoms with Gasteiger partial charge in [-0.15, -0.1) is 0 Å². The summed E-state index contributed by atoms with van der Waals surface area (Å²) in [6.45, 7) is 1.40. The molecule has 0 N–H and O–H groups in total. The average Bonchev–Trinajstić information content (AvgIpc) is 2.14. The lowest BCUT2D eigenvalue weighted by Gasteiger charge is -2.07. The predicted molar refractivity (Wildman–Crippen MR) is 31.6 cm³/mol. The summed E-state index contributed by atoms with van der Waals surface area (Å²) in [5.41, 5.74) is 0. The molecule has 0 aromatic heterocycles. The van der Waals surface area contributed by atoms with Crippen LogP contribution in [0.15, 0.2) is 0 Å². The maximum Gasteiger partial charge on any atom is 0.242 e. The Morgan fingerprint density at radius 3 is 2.44 bits per heavy atom. The summed E-state index contributed by atoms with van der Waals surface area (Å²) in [6, 6.07) is 0. The molecule has 3 heteroatoms. The van der Waals surface area contributed by atoms with E-state index in [0.717, 1.165) is 6.54 Å². The van der Waals surface area contributed by atoms with Gasteiger partial charge in [-0.2, -0.15) is 0 Å². The van der Waals surface area contributed by atoms with Gasteiger partial charge in [0, 0.05) is 12.5 Å². The summed E-state index contributed by atoms with van der Waals surface area (Å²) >= 11 is 0. The van der Waals surface area contributed by atoms with E-state index in [0.29, 0.717) is 13.0 Å². The Balaban J connectivity index is 2.30. The molecule has 0 unspecified atom stereocenters. The van der Waals surface area contributed by atoms with Crippen molar-refractivity contribution in [2.75, 3.05) is 20.1 Å². The van der Waals surface area contributed by atoms with Gasteiger partial charge in [-0.3, -0.25) is 0 Å². The molecule has 1 atom stereocenters. The van der Waals surface area contributed by atoms with Crippen molar-refractivity contribution in [1.29, 1.82) is 0 Å². The standard InChI is InChI=1S/C6H11F2N/c1-9-3-2-5(4-9)6(7)8/h5-6H,2-4H2,1H3/t5-/m1/s1. The van der Waals surface area contributed by atoms with Crippen LogP contribution in [0.25, 0.3) is 0 Å². The molecule has 0 saturated carbocycles. The number of alkyl halides is 2. The molecular formula is C6H11F2N. The Kier molecular flexibility index (Phi) is 2.01. The fourth-order valence-corrected chi connectivity index (χ4v) is 1.17. The molecular weight excluding hydrogens is 124 g/mol. The topological polar surface area (TPSA) is 3.24 Å². The normalized spacial score (nSPS) is 30.0. The highest BCUT2D eigenvalue weighted by Crippen LogP contribution is 2.20. The van der Waals surface area contributed by atoms with Crippen LogP contribution >= 0.6 is 0 Å². The second kappa shape index (κ2) is 2.60. The molecule has 0 spiro atoms. The smallest absolute Gasteiger partial charge is 0.242 e. The second-order valence-electron chi connectivity index (χ2n) is 2.65. The fraction of sp³-hybridized carbons (Fsp3) is 1.00. The highest BCUT2D eigenvalue weighted by Gasteiger charge is 2.26. The first-order valence-corrected chi connectivity index (χ1v) is 3.17. The molecule has 0 aromatic rings. The molecule has 9 heavy (non-hydrogen) atoms. The van der Waals surface area contributed by atoms with Gasteiger partial charge in [0.2, 0.25) is 6.43 Å². The summed E-state index contributed by atoms with van der Waals surface area (Å²) in [6.07, 6.45) is -1.45. The molecule has 54 valence electrons. The van der Waals surface area contributed by atoms with E-state index < -0.39 is 6.43 Å². The SMILES string of the molecule is CN1CC[C@@H](C(F)F)C1. The minimum Gasteiger partial charge on any atom is -0.306 e. The summed E-state index contributed by atoms with van der Waals surface area (Å²) < 4.78 is 23.8. The van der Waals surface area contributed by atoms with Gasteiger partial charge >= 0.3 is 0 Å². The number of hydrogen-bond acceptors (Lipinski definition) is 1. The van der Waals surface area contributed by atoms with E-state index in [-0.39, 0.29) is 5.92 Å². The number of likely N-dealkylation sites (tertiary alicyclic amines) is 1. The van der Waals surface area contributed by atoms with Crippen molar-refractivity contribution < 1.29 is 8.78 Å². The molecule has 1 aliphatic rings. The van der Waals surface area contributed by atoms with Gasteiger partial charge in [-0.05, 0) is 20.0 Å². The largest absolute Gasteiger partial charge is 0.306 e. The van der Waals surface area contributed by atoms with Gasteiger partial charge in [0.25, 0.3) is 0 Å². The molecule has 0 radical (unpaired) electrons. The molecule has 1 saturated heterocycles. The molecule has 1 fully saturated rings. The molecule has 1 nitrogen and oxygen atoms in total. The third-order valence-corrected chi connectivity index (χ3v) is 1.78. The quantitative estimate of drug-likeness (QED) is 0.522. The Morgan fingerprint density at radius 2 is 2.22 bits per heavy atom. The van der Waals surface area contributed by atoms with Crippen LogP contribution < -0.4 is 0 Å². The van der Waals surface area contributed by atoms with E-state index in [4.69, 9.17) is 0 Å². The zero-order valence-corrected chi connectivity index (χ0v) is 5.48. The molecule has 1 aliphatic heterocycles. The summed E-state index contributed by atoms with van der Waals surface area (Å²) in [5, 5.41) is 0. The van der Waals surface area contributed by atoms with Crippen LogP contribution in [0.1, 0.15) is 6.42 Å². The lowest BCUT2D eigenvalue weighted by Crippen LogP contribution is -2.17. The third-order valence-electron chi connectivity index (χ3n) is 1.78. The molecule has 1 heterocycles. The molecule has 0 aliphatic carbocycles. The van der Waals surface area contributed by atoms with Crippen LogP contribution in [0.4, 0.5) is 8.78 Å². The maximum atomic E-state index is 11.9. The lowest BCUT2D eigenvalue weighted by molar-refractivity contribution is 0.0823. The van der Waals surface area contributed by atoms with Gasteiger partial charge in [0.05, 0.1) is 0 Å². The molecule has 0 amide bonds. The second-order valence-corrected chi connectivity index (χ2v) is 2.65. The first-order chi connectivity index (χ1) is 4.20. The van der Waals surface area contributed by atoms with E-state index in [2.05, 4.69) is 0 Å². The lowest BCUT2D eigenvalue weighted by atomic mass is 10.1. The number of rotatable bonds is 1. The van der Waals surface area contributed by atoms with Gasteiger partial charge in [0.15, 0.2) is 0 Å². The summed E-state index contributed by atoms with van der Waals surface area (Å²) in [5.74, 6) is -0.366. The van der Waals surface area contributed by atoms with Gasteiger partial charge < -0.3 is 4.90 Å². The molecule has 1 rings (SSSR count). The van der Waals surface area contributed by atoms with Gasteiger partial charge in [-0.1, -0.05) is 0 Å². The van der Waals surface area contributed by atoms with Crippen molar-refractivity contribution in [1.82, 2.24) is 4.90 Å². The van der Waals surface area contributed by atoms with Crippen molar-refractivity contribution in [3.8, 4) is 0 Å².